The van der Waals surface area contributed by atoms with Crippen LogP contribution in [0.1, 0.15) is 35.6 Å². The SMILES string of the molecule is CCCc1ccc(C#Cc2cc(F)c(/C=C/C(F)(F)F)c(F)c2)cc1. The molecule has 0 saturated heterocycles. The zero-order chi connectivity index (χ0) is 18.4. The summed E-state index contributed by atoms with van der Waals surface area (Å²) in [6.07, 6.45) is -2.50. The molecule has 0 unspecified atom stereocenters. The predicted octanol–water partition coefficient (Wildman–Crippen LogP) is 5.89. The highest BCUT2D eigenvalue weighted by Gasteiger charge is 2.22. The normalized spacial score (nSPS) is 11.4. The van der Waals surface area contributed by atoms with E-state index in [1.165, 1.54) is 5.56 Å². The fourth-order valence-electron chi connectivity index (χ4n) is 2.18. The Bertz CT molecular complexity index is 795. The molecule has 2 aromatic rings. The van der Waals surface area contributed by atoms with Crippen molar-refractivity contribution in [1.82, 2.24) is 0 Å². The van der Waals surface area contributed by atoms with Crippen molar-refractivity contribution in [2.75, 3.05) is 0 Å². The molecular formula is C20H15F5. The van der Waals surface area contributed by atoms with Gasteiger partial charge in [-0.2, -0.15) is 13.2 Å². The minimum atomic E-state index is -4.64. The Hall–Kier alpha value is -2.61. The number of hydrogen-bond donors (Lipinski definition) is 0. The van der Waals surface area contributed by atoms with E-state index in [2.05, 4.69) is 18.8 Å². The Balaban J connectivity index is 2.23. The molecule has 0 radical (unpaired) electrons. The van der Waals surface area contributed by atoms with Crippen LogP contribution in [0, 0.1) is 23.5 Å². The first-order chi connectivity index (χ1) is 11.8. The molecule has 0 spiro atoms. The Morgan fingerprint density at radius 1 is 0.920 bits per heavy atom. The van der Waals surface area contributed by atoms with Crippen molar-refractivity contribution in [2.24, 2.45) is 0 Å². The van der Waals surface area contributed by atoms with Gasteiger partial charge in [-0.25, -0.2) is 8.78 Å². The van der Waals surface area contributed by atoms with Crippen LogP contribution in [-0.2, 0) is 6.42 Å². The lowest BCUT2D eigenvalue weighted by Gasteiger charge is -2.02. The highest BCUT2D eigenvalue weighted by Crippen LogP contribution is 2.22. The smallest absolute Gasteiger partial charge is 0.206 e. The van der Waals surface area contributed by atoms with Gasteiger partial charge in [0.05, 0.1) is 0 Å². The van der Waals surface area contributed by atoms with E-state index in [0.717, 1.165) is 25.0 Å². The Morgan fingerprint density at radius 3 is 2.00 bits per heavy atom. The van der Waals surface area contributed by atoms with Gasteiger partial charge in [-0.15, -0.1) is 0 Å². The van der Waals surface area contributed by atoms with Crippen LogP contribution < -0.4 is 0 Å². The van der Waals surface area contributed by atoms with Crippen molar-refractivity contribution in [3.63, 3.8) is 0 Å². The number of aryl methyl sites for hydroxylation is 1. The zero-order valence-corrected chi connectivity index (χ0v) is 13.4. The second-order valence-electron chi connectivity index (χ2n) is 5.43. The number of allylic oxidation sites excluding steroid dienone is 1. The van der Waals surface area contributed by atoms with E-state index in [0.29, 0.717) is 11.6 Å². The molecule has 0 amide bonds. The van der Waals surface area contributed by atoms with E-state index < -0.39 is 23.4 Å². The summed E-state index contributed by atoms with van der Waals surface area (Å²) in [6.45, 7) is 2.07. The molecule has 0 bridgehead atoms. The molecule has 0 N–H and O–H groups in total. The van der Waals surface area contributed by atoms with Crippen molar-refractivity contribution in [3.05, 3.63) is 76.4 Å². The molecule has 2 rings (SSSR count). The molecule has 0 aromatic heterocycles. The van der Waals surface area contributed by atoms with Gasteiger partial charge in [-0.05, 0) is 42.3 Å². The summed E-state index contributed by atoms with van der Waals surface area (Å²) < 4.78 is 64.0. The van der Waals surface area contributed by atoms with Crippen molar-refractivity contribution in [2.45, 2.75) is 25.9 Å². The summed E-state index contributed by atoms with van der Waals surface area (Å²) in [4.78, 5) is 0. The molecule has 0 nitrogen and oxygen atoms in total. The first-order valence-electron chi connectivity index (χ1n) is 7.64. The molecule has 130 valence electrons. The fourth-order valence-corrected chi connectivity index (χ4v) is 2.18. The lowest BCUT2D eigenvalue weighted by molar-refractivity contribution is -0.0790. The van der Waals surface area contributed by atoms with Gasteiger partial charge in [0.25, 0.3) is 0 Å². The van der Waals surface area contributed by atoms with Gasteiger partial charge in [0.1, 0.15) is 11.6 Å². The third kappa shape index (κ3) is 5.75. The molecular weight excluding hydrogens is 335 g/mol. The number of hydrogen-bond acceptors (Lipinski definition) is 0. The van der Waals surface area contributed by atoms with Crippen LogP contribution in [0.2, 0.25) is 0 Å². The van der Waals surface area contributed by atoms with Crippen LogP contribution in [0.15, 0.2) is 42.5 Å². The van der Waals surface area contributed by atoms with E-state index in [1.54, 1.807) is 0 Å². The summed E-state index contributed by atoms with van der Waals surface area (Å²) in [6, 6.07) is 9.31. The summed E-state index contributed by atoms with van der Waals surface area (Å²) in [7, 11) is 0. The number of halogens is 5. The van der Waals surface area contributed by atoms with Gasteiger partial charge in [-0.1, -0.05) is 37.3 Å². The lowest BCUT2D eigenvalue weighted by Crippen LogP contribution is -2.01. The summed E-state index contributed by atoms with van der Waals surface area (Å²) >= 11 is 0. The van der Waals surface area contributed by atoms with Crippen LogP contribution in [-0.4, -0.2) is 6.18 Å². The first-order valence-corrected chi connectivity index (χ1v) is 7.64. The zero-order valence-electron chi connectivity index (χ0n) is 13.4. The van der Waals surface area contributed by atoms with E-state index in [-0.39, 0.29) is 11.6 Å². The molecule has 0 fully saturated rings. The Kier molecular flexibility index (Phi) is 5.97. The molecule has 0 aliphatic carbocycles. The summed E-state index contributed by atoms with van der Waals surface area (Å²) in [5.41, 5.74) is 1.16. The van der Waals surface area contributed by atoms with E-state index in [4.69, 9.17) is 0 Å². The van der Waals surface area contributed by atoms with Crippen molar-refractivity contribution >= 4 is 6.08 Å². The number of benzene rings is 2. The van der Waals surface area contributed by atoms with E-state index >= 15 is 0 Å². The Morgan fingerprint density at radius 2 is 1.48 bits per heavy atom. The van der Waals surface area contributed by atoms with Crippen molar-refractivity contribution < 1.29 is 22.0 Å². The predicted molar refractivity (Wildman–Crippen MR) is 87.9 cm³/mol. The molecule has 2 aromatic carbocycles. The van der Waals surface area contributed by atoms with Gasteiger partial charge < -0.3 is 0 Å². The average molecular weight is 350 g/mol. The third-order valence-electron chi connectivity index (χ3n) is 3.36. The van der Waals surface area contributed by atoms with Crippen LogP contribution in [0.4, 0.5) is 22.0 Å². The topological polar surface area (TPSA) is 0 Å². The van der Waals surface area contributed by atoms with Gasteiger partial charge in [0.15, 0.2) is 0 Å². The van der Waals surface area contributed by atoms with Crippen molar-refractivity contribution in [1.29, 1.82) is 0 Å². The van der Waals surface area contributed by atoms with Gasteiger partial charge in [-0.3, -0.25) is 0 Å². The van der Waals surface area contributed by atoms with Gasteiger partial charge >= 0.3 is 6.18 Å². The highest BCUT2D eigenvalue weighted by molar-refractivity contribution is 5.54. The minimum Gasteiger partial charge on any atom is -0.206 e. The molecule has 0 aliphatic heterocycles. The summed E-state index contributed by atoms with van der Waals surface area (Å²) in [5.74, 6) is 3.21. The molecule has 0 saturated carbocycles. The second-order valence-corrected chi connectivity index (χ2v) is 5.43. The standard InChI is InChI=1S/C20H15F5/c1-2-3-14-4-6-15(7-5-14)8-9-16-12-18(21)17(19(22)13-16)10-11-20(23,24)25/h4-7,10-13H,2-3H2,1H3/b11-10+. The maximum absolute atomic E-state index is 13.8. The van der Waals surface area contributed by atoms with Crippen LogP contribution >= 0.6 is 0 Å². The van der Waals surface area contributed by atoms with E-state index in [9.17, 15) is 22.0 Å². The summed E-state index contributed by atoms with van der Waals surface area (Å²) in [5, 5.41) is 0. The van der Waals surface area contributed by atoms with Crippen LogP contribution in [0.3, 0.4) is 0 Å². The number of rotatable bonds is 3. The molecule has 5 heteroatoms. The van der Waals surface area contributed by atoms with Gasteiger partial charge in [0, 0.05) is 22.8 Å². The maximum Gasteiger partial charge on any atom is 0.409 e. The minimum absolute atomic E-state index is 0.0526. The lowest BCUT2D eigenvalue weighted by atomic mass is 10.1. The van der Waals surface area contributed by atoms with Crippen LogP contribution in [0.25, 0.3) is 6.08 Å². The second kappa shape index (κ2) is 7.98. The number of alkyl halides is 3. The first kappa shape index (κ1) is 18.7. The van der Waals surface area contributed by atoms with Crippen LogP contribution in [0.5, 0.6) is 0 Å². The third-order valence-corrected chi connectivity index (χ3v) is 3.36. The van der Waals surface area contributed by atoms with E-state index in [1.807, 2.05) is 24.3 Å². The molecule has 0 heterocycles. The largest absolute Gasteiger partial charge is 0.409 e. The monoisotopic (exact) mass is 350 g/mol. The average Bonchev–Trinajstić information content (AvgIpc) is 2.52. The van der Waals surface area contributed by atoms with Crippen molar-refractivity contribution in [3.8, 4) is 11.8 Å². The van der Waals surface area contributed by atoms with Gasteiger partial charge in [0.2, 0.25) is 0 Å². The quantitative estimate of drug-likeness (QED) is 0.478. The molecule has 0 aliphatic rings. The highest BCUT2D eigenvalue weighted by atomic mass is 19.4. The maximum atomic E-state index is 13.8. The molecule has 25 heavy (non-hydrogen) atoms. The Labute approximate surface area is 143 Å². The fraction of sp³-hybridized carbons (Fsp3) is 0.200. The molecule has 0 atom stereocenters.